The summed E-state index contributed by atoms with van der Waals surface area (Å²) in [5, 5.41) is 20.0. The SMILES string of the molecule is O=[N+]([O-])c1cccc(CN(CCO)C2CCC2)c1Br. The van der Waals surface area contributed by atoms with E-state index in [1.165, 1.54) is 12.5 Å². The van der Waals surface area contributed by atoms with Gasteiger partial charge in [0.25, 0.3) is 5.69 Å². The predicted molar refractivity (Wildman–Crippen MR) is 75.9 cm³/mol. The number of halogens is 1. The molecule has 0 atom stereocenters. The van der Waals surface area contributed by atoms with Gasteiger partial charge < -0.3 is 5.11 Å². The quantitative estimate of drug-likeness (QED) is 0.644. The van der Waals surface area contributed by atoms with Crippen LogP contribution in [0.4, 0.5) is 5.69 Å². The molecule has 0 spiro atoms. The highest BCUT2D eigenvalue weighted by Gasteiger charge is 2.26. The highest BCUT2D eigenvalue weighted by molar-refractivity contribution is 9.10. The van der Waals surface area contributed by atoms with Crippen LogP contribution in [-0.4, -0.2) is 34.1 Å². The largest absolute Gasteiger partial charge is 0.395 e. The summed E-state index contributed by atoms with van der Waals surface area (Å²) < 4.78 is 0.544. The van der Waals surface area contributed by atoms with Crippen LogP contribution in [0, 0.1) is 10.1 Å². The van der Waals surface area contributed by atoms with E-state index in [0.29, 0.717) is 23.6 Å². The first-order chi connectivity index (χ1) is 9.13. The molecule has 1 aromatic rings. The summed E-state index contributed by atoms with van der Waals surface area (Å²) in [4.78, 5) is 12.7. The van der Waals surface area contributed by atoms with Crippen molar-refractivity contribution >= 4 is 21.6 Å². The molecule has 0 aromatic heterocycles. The summed E-state index contributed by atoms with van der Waals surface area (Å²) in [5.41, 5.74) is 0.990. The van der Waals surface area contributed by atoms with Gasteiger partial charge in [0.05, 0.1) is 16.0 Å². The second-order valence-corrected chi connectivity index (χ2v) is 5.58. The van der Waals surface area contributed by atoms with Gasteiger partial charge in [-0.1, -0.05) is 18.6 Å². The normalized spacial score (nSPS) is 15.5. The van der Waals surface area contributed by atoms with Crippen LogP contribution in [0.25, 0.3) is 0 Å². The molecule has 0 saturated heterocycles. The van der Waals surface area contributed by atoms with Crippen LogP contribution >= 0.6 is 15.9 Å². The van der Waals surface area contributed by atoms with Crippen molar-refractivity contribution in [3.05, 3.63) is 38.3 Å². The summed E-state index contributed by atoms with van der Waals surface area (Å²) in [6.07, 6.45) is 3.52. The Kier molecular flexibility index (Phi) is 4.90. The van der Waals surface area contributed by atoms with E-state index in [0.717, 1.165) is 18.4 Å². The summed E-state index contributed by atoms with van der Waals surface area (Å²) in [6, 6.07) is 5.59. The number of rotatable bonds is 6. The van der Waals surface area contributed by atoms with Crippen molar-refractivity contribution in [1.82, 2.24) is 4.90 Å². The molecule has 0 bridgehead atoms. The van der Waals surface area contributed by atoms with Crippen molar-refractivity contribution in [3.63, 3.8) is 0 Å². The predicted octanol–water partition coefficient (Wildman–Crippen LogP) is 2.70. The van der Waals surface area contributed by atoms with Gasteiger partial charge in [-0.15, -0.1) is 0 Å². The maximum absolute atomic E-state index is 10.9. The fraction of sp³-hybridized carbons (Fsp3) is 0.538. The maximum Gasteiger partial charge on any atom is 0.283 e. The van der Waals surface area contributed by atoms with Crippen molar-refractivity contribution in [1.29, 1.82) is 0 Å². The molecule has 0 heterocycles. The van der Waals surface area contributed by atoms with Gasteiger partial charge in [0, 0.05) is 25.2 Å². The third-order valence-electron chi connectivity index (χ3n) is 3.61. The maximum atomic E-state index is 10.9. The molecule has 0 aliphatic heterocycles. The molecule has 1 fully saturated rings. The standard InChI is InChI=1S/C13H17BrN2O3/c14-13-10(3-1-6-12(13)16(18)19)9-15(7-8-17)11-4-2-5-11/h1,3,6,11,17H,2,4-5,7-9H2. The second kappa shape index (κ2) is 6.45. The van der Waals surface area contributed by atoms with E-state index in [9.17, 15) is 10.1 Å². The number of nitro benzene ring substituents is 1. The Bertz CT molecular complexity index is 463. The van der Waals surface area contributed by atoms with Crippen molar-refractivity contribution in [2.45, 2.75) is 31.8 Å². The molecule has 1 aliphatic rings. The van der Waals surface area contributed by atoms with E-state index in [-0.39, 0.29) is 17.2 Å². The highest BCUT2D eigenvalue weighted by atomic mass is 79.9. The first-order valence-corrected chi connectivity index (χ1v) is 7.19. The molecule has 5 nitrogen and oxygen atoms in total. The summed E-state index contributed by atoms with van der Waals surface area (Å²) in [7, 11) is 0. The van der Waals surface area contributed by atoms with Crippen LogP contribution in [0.15, 0.2) is 22.7 Å². The zero-order valence-electron chi connectivity index (χ0n) is 10.6. The Labute approximate surface area is 120 Å². The lowest BCUT2D eigenvalue weighted by atomic mass is 9.91. The lowest BCUT2D eigenvalue weighted by molar-refractivity contribution is -0.385. The van der Waals surface area contributed by atoms with Gasteiger partial charge in [0.1, 0.15) is 0 Å². The van der Waals surface area contributed by atoms with Crippen molar-refractivity contribution in [2.24, 2.45) is 0 Å². The molecule has 2 rings (SSSR count). The summed E-state index contributed by atoms with van der Waals surface area (Å²) in [6.45, 7) is 1.36. The highest BCUT2D eigenvalue weighted by Crippen LogP contribution is 2.31. The number of nitro groups is 1. The first-order valence-electron chi connectivity index (χ1n) is 6.40. The molecule has 0 radical (unpaired) electrons. The summed E-state index contributed by atoms with van der Waals surface area (Å²) in [5.74, 6) is 0. The topological polar surface area (TPSA) is 66.6 Å². The molecule has 104 valence electrons. The van der Waals surface area contributed by atoms with Crippen LogP contribution in [0.1, 0.15) is 24.8 Å². The van der Waals surface area contributed by atoms with Gasteiger partial charge in [0.2, 0.25) is 0 Å². The Balaban J connectivity index is 2.16. The minimum absolute atomic E-state index is 0.0926. The zero-order valence-corrected chi connectivity index (χ0v) is 12.2. The number of hydrogen-bond donors (Lipinski definition) is 1. The first kappa shape index (κ1) is 14.4. The number of benzene rings is 1. The number of hydrogen-bond acceptors (Lipinski definition) is 4. The lowest BCUT2D eigenvalue weighted by Gasteiger charge is -2.37. The van der Waals surface area contributed by atoms with Gasteiger partial charge in [-0.05, 0) is 34.3 Å². The minimum atomic E-state index is -0.382. The summed E-state index contributed by atoms with van der Waals surface area (Å²) >= 11 is 3.32. The van der Waals surface area contributed by atoms with E-state index in [1.807, 2.05) is 6.07 Å². The van der Waals surface area contributed by atoms with E-state index >= 15 is 0 Å². The smallest absolute Gasteiger partial charge is 0.283 e. The van der Waals surface area contributed by atoms with E-state index in [1.54, 1.807) is 6.07 Å². The molecular weight excluding hydrogens is 312 g/mol. The molecule has 0 amide bonds. The van der Waals surface area contributed by atoms with Gasteiger partial charge >= 0.3 is 0 Å². The molecule has 19 heavy (non-hydrogen) atoms. The molecule has 0 unspecified atom stereocenters. The van der Waals surface area contributed by atoms with Crippen LogP contribution in [0.5, 0.6) is 0 Å². The molecule has 1 aromatic carbocycles. The average molecular weight is 329 g/mol. The van der Waals surface area contributed by atoms with Crippen molar-refractivity contribution in [2.75, 3.05) is 13.2 Å². The minimum Gasteiger partial charge on any atom is -0.395 e. The zero-order chi connectivity index (χ0) is 13.8. The Morgan fingerprint density at radius 2 is 2.21 bits per heavy atom. The number of aliphatic hydroxyl groups excluding tert-OH is 1. The third-order valence-corrected chi connectivity index (χ3v) is 4.52. The molecular formula is C13H17BrN2O3. The van der Waals surface area contributed by atoms with E-state index < -0.39 is 0 Å². The van der Waals surface area contributed by atoms with Gasteiger partial charge in [0.15, 0.2) is 0 Å². The van der Waals surface area contributed by atoms with Gasteiger partial charge in [-0.2, -0.15) is 0 Å². The number of aliphatic hydroxyl groups is 1. The van der Waals surface area contributed by atoms with Crippen molar-refractivity contribution < 1.29 is 10.0 Å². The van der Waals surface area contributed by atoms with E-state index in [2.05, 4.69) is 20.8 Å². The van der Waals surface area contributed by atoms with Crippen LogP contribution in [-0.2, 0) is 6.54 Å². The molecule has 1 N–H and O–H groups in total. The van der Waals surface area contributed by atoms with Gasteiger partial charge in [-0.25, -0.2) is 0 Å². The Morgan fingerprint density at radius 3 is 2.74 bits per heavy atom. The molecule has 1 aliphatic carbocycles. The van der Waals surface area contributed by atoms with Crippen LogP contribution < -0.4 is 0 Å². The second-order valence-electron chi connectivity index (χ2n) is 4.79. The fourth-order valence-corrected chi connectivity index (χ4v) is 2.85. The Hall–Kier alpha value is -0.980. The van der Waals surface area contributed by atoms with Crippen LogP contribution in [0.3, 0.4) is 0 Å². The molecule has 6 heteroatoms. The van der Waals surface area contributed by atoms with Crippen LogP contribution in [0.2, 0.25) is 0 Å². The Morgan fingerprint density at radius 1 is 1.47 bits per heavy atom. The average Bonchev–Trinajstić information content (AvgIpc) is 2.29. The number of nitrogens with zero attached hydrogens (tertiary/aromatic N) is 2. The van der Waals surface area contributed by atoms with E-state index in [4.69, 9.17) is 5.11 Å². The lowest BCUT2D eigenvalue weighted by Crippen LogP contribution is -2.41. The van der Waals surface area contributed by atoms with Crippen molar-refractivity contribution in [3.8, 4) is 0 Å². The van der Waals surface area contributed by atoms with Gasteiger partial charge in [-0.3, -0.25) is 15.0 Å². The fourth-order valence-electron chi connectivity index (χ4n) is 2.32. The third kappa shape index (κ3) is 3.32. The molecule has 1 saturated carbocycles. The monoisotopic (exact) mass is 328 g/mol.